The van der Waals surface area contributed by atoms with Gasteiger partial charge in [0, 0.05) is 71.6 Å². The van der Waals surface area contributed by atoms with Gasteiger partial charge in [0.2, 0.25) is 5.69 Å². The van der Waals surface area contributed by atoms with Crippen LogP contribution in [0.3, 0.4) is 0 Å². The van der Waals surface area contributed by atoms with Crippen LogP contribution in [0.25, 0.3) is 142 Å². The number of fused-ring (bicyclic) bond motifs is 15. The molecule has 15 rings (SSSR count). The zero-order valence-electron chi connectivity index (χ0n) is 37.0. The quantitative estimate of drug-likeness (QED) is 0.178. The Hall–Kier alpha value is -10.0. The van der Waals surface area contributed by atoms with Gasteiger partial charge in [0.15, 0.2) is 0 Å². The van der Waals surface area contributed by atoms with Gasteiger partial charge in [0.1, 0.15) is 34.2 Å². The second-order valence-corrected chi connectivity index (χ2v) is 17.9. The summed E-state index contributed by atoms with van der Waals surface area (Å²) >= 11 is 0. The smallest absolute Gasteiger partial charge is 0.214 e. The van der Waals surface area contributed by atoms with Gasteiger partial charge in [-0.25, -0.2) is 4.85 Å². The lowest BCUT2D eigenvalue weighted by molar-refractivity contribution is 0.477. The number of hydrogen-bond acceptors (Lipinski definition) is 4. The zero-order valence-corrected chi connectivity index (χ0v) is 37.0. The van der Waals surface area contributed by atoms with Gasteiger partial charge in [0.05, 0.1) is 62.3 Å². The Bertz CT molecular complexity index is 4890. The highest BCUT2D eigenvalue weighted by Gasteiger charge is 2.30. The predicted molar refractivity (Wildman–Crippen MR) is 282 cm³/mol. The van der Waals surface area contributed by atoms with E-state index in [1.54, 1.807) is 12.1 Å². The first-order chi connectivity index (χ1) is 34.6. The predicted octanol–water partition coefficient (Wildman–Crippen LogP) is 16.6. The molecule has 70 heavy (non-hydrogen) atoms. The van der Waals surface area contributed by atoms with Crippen molar-refractivity contribution in [2.45, 2.75) is 0 Å². The Morgan fingerprint density at radius 2 is 0.857 bits per heavy atom. The minimum atomic E-state index is 0.190. The number of aromatic hydroxyl groups is 1. The van der Waals surface area contributed by atoms with Crippen molar-refractivity contribution in [3.8, 4) is 40.0 Å². The van der Waals surface area contributed by atoms with Crippen molar-refractivity contribution in [1.29, 1.82) is 5.26 Å². The first-order valence-electron chi connectivity index (χ1n) is 23.1. The van der Waals surface area contributed by atoms with E-state index in [2.05, 4.69) is 122 Å². The van der Waals surface area contributed by atoms with Crippen molar-refractivity contribution in [2.24, 2.45) is 0 Å². The molecule has 1 N–H and O–H groups in total. The number of nitrogens with zero attached hydrogens (tertiary/aromatic N) is 5. The molecule has 0 aliphatic rings. The average Bonchev–Trinajstić information content (AvgIpc) is 4.20. The molecule has 15 aromatic rings. The monoisotopic (exact) mass is 895 g/mol. The van der Waals surface area contributed by atoms with Crippen molar-refractivity contribution < 1.29 is 13.9 Å². The summed E-state index contributed by atoms with van der Waals surface area (Å²) in [4.78, 5) is 4.35. The van der Waals surface area contributed by atoms with Crippen LogP contribution in [0.5, 0.6) is 5.75 Å². The molecule has 0 atom stereocenters. The van der Waals surface area contributed by atoms with Crippen LogP contribution in [0.4, 0.5) is 5.69 Å². The summed E-state index contributed by atoms with van der Waals surface area (Å²) in [6, 6.07) is 67.7. The topological polar surface area (TPSA) is 89.5 Å². The molecule has 8 heteroatoms. The van der Waals surface area contributed by atoms with Crippen LogP contribution < -0.4 is 0 Å². The molecule has 0 amide bonds. The molecule has 10 aromatic carbocycles. The van der Waals surface area contributed by atoms with Crippen molar-refractivity contribution in [3.05, 3.63) is 211 Å². The number of nitriles is 1. The third kappa shape index (κ3) is 5.05. The van der Waals surface area contributed by atoms with Crippen molar-refractivity contribution in [3.63, 3.8) is 0 Å². The first kappa shape index (κ1) is 38.1. The van der Waals surface area contributed by atoms with Crippen molar-refractivity contribution >= 4 is 115 Å². The number of phenolic OH excluding ortho intramolecular Hbond substituents is 1. The second kappa shape index (κ2) is 14.0. The lowest BCUT2D eigenvalue weighted by Crippen LogP contribution is -2.11. The van der Waals surface area contributed by atoms with E-state index < -0.39 is 0 Å². The highest BCUT2D eigenvalue weighted by atomic mass is 16.3. The molecule has 5 heterocycles. The number of para-hydroxylation sites is 6. The lowest BCUT2D eigenvalue weighted by Gasteiger charge is -2.24. The molecule has 5 aromatic heterocycles. The maximum atomic E-state index is 11.6. The van der Waals surface area contributed by atoms with Crippen LogP contribution in [0, 0.1) is 17.9 Å². The van der Waals surface area contributed by atoms with Gasteiger partial charge in [0.25, 0.3) is 0 Å². The summed E-state index contributed by atoms with van der Waals surface area (Å²) < 4.78 is 19.9. The van der Waals surface area contributed by atoms with Gasteiger partial charge in [-0.3, -0.25) is 0 Å². The Kier molecular flexibility index (Phi) is 7.63. The summed E-state index contributed by atoms with van der Waals surface area (Å²) in [6.45, 7) is 9.06. The minimum absolute atomic E-state index is 0.190. The van der Waals surface area contributed by atoms with E-state index in [0.29, 0.717) is 28.3 Å². The fourth-order valence-corrected chi connectivity index (χ4v) is 11.4. The van der Waals surface area contributed by atoms with Crippen molar-refractivity contribution in [1.82, 2.24) is 13.7 Å². The summed E-state index contributed by atoms with van der Waals surface area (Å²) in [5, 5.41) is 32.6. The maximum Gasteiger partial charge on any atom is 0.214 e. The molecule has 0 aliphatic carbocycles. The Morgan fingerprint density at radius 1 is 0.400 bits per heavy atom. The number of hydrogen-bond donors (Lipinski definition) is 1. The van der Waals surface area contributed by atoms with E-state index in [1.807, 2.05) is 84.9 Å². The Balaban J connectivity index is 1.18. The summed E-state index contributed by atoms with van der Waals surface area (Å²) in [7, 11) is 0. The van der Waals surface area contributed by atoms with E-state index >= 15 is 0 Å². The molecule has 0 bridgehead atoms. The minimum Gasteiger partial charge on any atom is -0.507 e. The Morgan fingerprint density at radius 3 is 1.40 bits per heavy atom. The molecule has 0 saturated carbocycles. The molecular weight excluding hydrogens is 863 g/mol. The van der Waals surface area contributed by atoms with Crippen LogP contribution >= 0.6 is 0 Å². The van der Waals surface area contributed by atoms with Gasteiger partial charge in [-0.05, 0) is 72.3 Å². The second-order valence-electron chi connectivity index (χ2n) is 17.9. The first-order valence-corrected chi connectivity index (χ1v) is 23.1. The highest BCUT2D eigenvalue weighted by molar-refractivity contribution is 6.21. The van der Waals surface area contributed by atoms with Gasteiger partial charge in [-0.2, -0.15) is 5.26 Å². The van der Waals surface area contributed by atoms with Gasteiger partial charge < -0.3 is 27.6 Å². The number of furan rings is 2. The fourth-order valence-electron chi connectivity index (χ4n) is 11.4. The van der Waals surface area contributed by atoms with Crippen LogP contribution in [0.15, 0.2) is 203 Å². The summed E-state index contributed by atoms with van der Waals surface area (Å²) in [5.74, 6) is 0.190. The summed E-state index contributed by atoms with van der Waals surface area (Å²) in [5.41, 5.74) is 12.3. The van der Waals surface area contributed by atoms with Crippen LogP contribution in [-0.2, 0) is 0 Å². The fraction of sp³-hybridized carbons (Fsp3) is 0. The van der Waals surface area contributed by atoms with Gasteiger partial charge in [-0.1, -0.05) is 115 Å². The standard InChI is InChI=1S/C62H33N5O3/c1-64-48-29-36(34-63)60(65-49-20-8-2-15-38(49)43-28-35(26-27-52(43)65)37-14-5-11-23-55(37)68)62(67-51-22-10-4-17-40(51)45-31-47-42-19-7-13-25-57(42)70-59(47)33-54(45)67)61(48)66-50-21-9-3-16-39(50)44-30-46-41-18-6-12-24-56(41)69-58(46)32-53(44)66/h2-33,68H. The summed E-state index contributed by atoms with van der Waals surface area (Å²) in [6.07, 6.45) is 0. The molecule has 324 valence electrons. The largest absolute Gasteiger partial charge is 0.507 e. The molecule has 0 spiro atoms. The third-order valence-electron chi connectivity index (χ3n) is 14.4. The molecule has 0 unspecified atom stereocenters. The lowest BCUT2D eigenvalue weighted by atomic mass is 10.0. The van der Waals surface area contributed by atoms with E-state index in [4.69, 9.17) is 15.4 Å². The number of aromatic nitrogens is 3. The highest BCUT2D eigenvalue weighted by Crippen LogP contribution is 2.49. The average molecular weight is 896 g/mol. The van der Waals surface area contributed by atoms with Crippen LogP contribution in [0.2, 0.25) is 0 Å². The maximum absolute atomic E-state index is 11.6. The molecule has 0 fully saturated rings. The number of phenols is 1. The van der Waals surface area contributed by atoms with E-state index in [1.165, 1.54) is 0 Å². The molecule has 0 saturated heterocycles. The third-order valence-corrected chi connectivity index (χ3v) is 14.4. The SMILES string of the molecule is [C-]#[N+]c1cc(C#N)c(-n2c3ccccc3c3cc(-c4ccccc4O)ccc32)c(-n2c3ccccc3c3cc4c(cc32)oc2ccccc24)c1-n1c2ccccc2c2cc3c(cc21)oc1ccccc13. The van der Waals surface area contributed by atoms with Gasteiger partial charge >= 0.3 is 0 Å². The normalized spacial score (nSPS) is 12.0. The van der Waals surface area contributed by atoms with E-state index in [-0.39, 0.29) is 5.75 Å². The molecular formula is C62H33N5O3. The number of rotatable bonds is 4. The van der Waals surface area contributed by atoms with Crippen LogP contribution in [-0.4, -0.2) is 18.8 Å². The van der Waals surface area contributed by atoms with E-state index in [9.17, 15) is 10.4 Å². The molecule has 8 nitrogen and oxygen atoms in total. The molecule has 0 aliphatic heterocycles. The van der Waals surface area contributed by atoms with Gasteiger partial charge in [-0.15, -0.1) is 0 Å². The number of benzene rings is 10. The molecule has 0 radical (unpaired) electrons. The zero-order chi connectivity index (χ0) is 46.4. The van der Waals surface area contributed by atoms with Crippen molar-refractivity contribution in [2.75, 3.05) is 0 Å². The Labute approximate surface area is 397 Å². The van der Waals surface area contributed by atoms with E-state index in [0.717, 1.165) is 120 Å². The van der Waals surface area contributed by atoms with Crippen LogP contribution in [0.1, 0.15) is 5.56 Å².